The maximum atomic E-state index is 6.12. The number of nitrogens with two attached hydrogens (primary N) is 1. The molecule has 0 aromatic carbocycles. The van der Waals surface area contributed by atoms with E-state index >= 15 is 0 Å². The summed E-state index contributed by atoms with van der Waals surface area (Å²) in [7, 11) is 1.04. The SMILES string of the molecule is CO[Si](CC(N)[Si](C)(C)C)(OC)OC. The van der Waals surface area contributed by atoms with E-state index in [1.807, 2.05) is 0 Å². The van der Waals surface area contributed by atoms with Crippen LogP contribution >= 0.6 is 0 Å². The van der Waals surface area contributed by atoms with Crippen molar-refractivity contribution in [1.29, 1.82) is 0 Å². The lowest BCUT2D eigenvalue weighted by atomic mass is 10.8. The van der Waals surface area contributed by atoms with Crippen LogP contribution in [0.1, 0.15) is 0 Å². The molecule has 0 bridgehead atoms. The highest BCUT2D eigenvalue weighted by Gasteiger charge is 2.42. The average Bonchev–Trinajstić information content (AvgIpc) is 2.12. The Morgan fingerprint density at radius 1 is 1.00 bits per heavy atom. The minimum absolute atomic E-state index is 0.147. The Morgan fingerprint density at radius 2 is 1.36 bits per heavy atom. The van der Waals surface area contributed by atoms with Gasteiger partial charge in [0.15, 0.2) is 0 Å². The summed E-state index contributed by atoms with van der Waals surface area (Å²) in [6.07, 6.45) is 0. The number of rotatable bonds is 6. The maximum Gasteiger partial charge on any atom is 0.501 e. The largest absolute Gasteiger partial charge is 0.501 e. The molecule has 0 saturated carbocycles. The predicted octanol–water partition coefficient (Wildman–Crippen LogP) is 1.07. The lowest BCUT2D eigenvalue weighted by molar-refractivity contribution is 0.123. The zero-order chi connectivity index (χ0) is 11.4. The summed E-state index contributed by atoms with van der Waals surface area (Å²) in [6, 6.07) is 0.701. The lowest BCUT2D eigenvalue weighted by Crippen LogP contribution is -2.54. The van der Waals surface area contributed by atoms with Crippen molar-refractivity contribution in [2.75, 3.05) is 21.3 Å². The fourth-order valence-electron chi connectivity index (χ4n) is 1.08. The van der Waals surface area contributed by atoms with Gasteiger partial charge in [0.05, 0.1) is 8.07 Å². The molecule has 6 heteroatoms. The van der Waals surface area contributed by atoms with E-state index in [4.69, 9.17) is 19.0 Å². The van der Waals surface area contributed by atoms with Gasteiger partial charge >= 0.3 is 8.80 Å². The molecule has 0 spiro atoms. The highest BCUT2D eigenvalue weighted by atomic mass is 28.4. The van der Waals surface area contributed by atoms with Crippen molar-refractivity contribution in [2.45, 2.75) is 31.4 Å². The van der Waals surface area contributed by atoms with Gasteiger partial charge in [0, 0.05) is 33.0 Å². The van der Waals surface area contributed by atoms with Crippen LogP contribution < -0.4 is 5.73 Å². The predicted molar refractivity (Wildman–Crippen MR) is 62.9 cm³/mol. The molecular formula is C8H23NO3Si2. The molecule has 0 fully saturated rings. The zero-order valence-corrected chi connectivity index (χ0v) is 12.1. The van der Waals surface area contributed by atoms with Crippen LogP contribution in [0, 0.1) is 0 Å². The summed E-state index contributed by atoms with van der Waals surface area (Å²) in [6.45, 7) is 6.70. The molecule has 0 saturated heterocycles. The highest BCUT2D eigenvalue weighted by molar-refractivity contribution is 6.79. The Labute approximate surface area is 89.1 Å². The zero-order valence-electron chi connectivity index (χ0n) is 10.1. The monoisotopic (exact) mass is 237 g/mol. The second-order valence-corrected chi connectivity index (χ2v) is 12.9. The summed E-state index contributed by atoms with van der Waals surface area (Å²) in [5.41, 5.74) is 6.27. The molecule has 0 aromatic heterocycles. The second kappa shape index (κ2) is 5.38. The summed E-state index contributed by atoms with van der Waals surface area (Å²) >= 11 is 0. The van der Waals surface area contributed by atoms with E-state index in [9.17, 15) is 0 Å². The van der Waals surface area contributed by atoms with Crippen LogP contribution in [-0.4, -0.2) is 43.9 Å². The van der Waals surface area contributed by atoms with Gasteiger partial charge in [-0.25, -0.2) is 0 Å². The molecule has 0 amide bonds. The molecular weight excluding hydrogens is 214 g/mol. The Hall–Kier alpha value is 0.274. The van der Waals surface area contributed by atoms with E-state index in [1.54, 1.807) is 21.3 Å². The Bertz CT molecular complexity index is 160. The van der Waals surface area contributed by atoms with Crippen molar-refractivity contribution in [3.05, 3.63) is 0 Å². The first-order valence-electron chi connectivity index (χ1n) is 4.72. The first-order chi connectivity index (χ1) is 6.31. The molecule has 14 heavy (non-hydrogen) atoms. The van der Waals surface area contributed by atoms with Gasteiger partial charge in [-0.1, -0.05) is 19.6 Å². The van der Waals surface area contributed by atoms with Gasteiger partial charge < -0.3 is 19.0 Å². The molecule has 0 rings (SSSR count). The van der Waals surface area contributed by atoms with Crippen LogP contribution in [0.4, 0.5) is 0 Å². The molecule has 0 heterocycles. The quantitative estimate of drug-likeness (QED) is 0.702. The summed E-state index contributed by atoms with van der Waals surface area (Å²) in [4.78, 5) is 0. The summed E-state index contributed by atoms with van der Waals surface area (Å²) in [5.74, 6) is 0. The van der Waals surface area contributed by atoms with Crippen LogP contribution in [0.2, 0.25) is 25.7 Å². The molecule has 0 aliphatic carbocycles. The first kappa shape index (κ1) is 14.3. The smallest absolute Gasteiger partial charge is 0.377 e. The fraction of sp³-hybridized carbons (Fsp3) is 1.00. The molecule has 0 aromatic rings. The van der Waals surface area contributed by atoms with Crippen molar-refractivity contribution < 1.29 is 13.3 Å². The van der Waals surface area contributed by atoms with Crippen molar-refractivity contribution >= 4 is 16.9 Å². The molecule has 86 valence electrons. The van der Waals surface area contributed by atoms with Crippen LogP contribution in [0.5, 0.6) is 0 Å². The molecule has 1 unspecified atom stereocenters. The van der Waals surface area contributed by atoms with Crippen LogP contribution in [0.25, 0.3) is 0 Å². The van der Waals surface area contributed by atoms with E-state index < -0.39 is 16.9 Å². The summed E-state index contributed by atoms with van der Waals surface area (Å²) in [5, 5.41) is 0. The second-order valence-electron chi connectivity index (χ2n) is 4.47. The van der Waals surface area contributed by atoms with Gasteiger partial charge in [0.2, 0.25) is 0 Å². The maximum absolute atomic E-state index is 6.12. The fourth-order valence-corrected chi connectivity index (χ4v) is 5.81. The third-order valence-electron chi connectivity index (χ3n) is 2.52. The molecule has 0 radical (unpaired) electrons. The van der Waals surface area contributed by atoms with Gasteiger partial charge in [-0.3, -0.25) is 0 Å². The average molecular weight is 237 g/mol. The molecule has 0 aliphatic rings. The van der Waals surface area contributed by atoms with Gasteiger partial charge in [-0.15, -0.1) is 0 Å². The van der Waals surface area contributed by atoms with Crippen LogP contribution in [0.15, 0.2) is 0 Å². The van der Waals surface area contributed by atoms with E-state index in [-0.39, 0.29) is 5.67 Å². The van der Waals surface area contributed by atoms with E-state index in [1.165, 1.54) is 0 Å². The van der Waals surface area contributed by atoms with E-state index in [0.29, 0.717) is 6.04 Å². The summed E-state index contributed by atoms with van der Waals surface area (Å²) < 4.78 is 16.0. The highest BCUT2D eigenvalue weighted by Crippen LogP contribution is 2.19. The van der Waals surface area contributed by atoms with Crippen LogP contribution in [0.3, 0.4) is 0 Å². The van der Waals surface area contributed by atoms with E-state index in [0.717, 1.165) is 0 Å². The minimum atomic E-state index is -2.48. The van der Waals surface area contributed by atoms with Crippen molar-refractivity contribution in [3.8, 4) is 0 Å². The molecule has 2 N–H and O–H groups in total. The lowest BCUT2D eigenvalue weighted by Gasteiger charge is -2.32. The third kappa shape index (κ3) is 3.80. The van der Waals surface area contributed by atoms with E-state index in [2.05, 4.69) is 19.6 Å². The molecule has 1 atom stereocenters. The van der Waals surface area contributed by atoms with Gasteiger partial charge in [0.1, 0.15) is 0 Å². The molecule has 4 nitrogen and oxygen atoms in total. The van der Waals surface area contributed by atoms with Crippen molar-refractivity contribution in [3.63, 3.8) is 0 Å². The standard InChI is InChI=1S/C8H23NO3Si2/c1-10-14(11-2,12-3)7-8(9)13(4,5)6/h8H,7,9H2,1-6H3. The Balaban J connectivity index is 4.45. The third-order valence-corrected chi connectivity index (χ3v) is 8.16. The van der Waals surface area contributed by atoms with Gasteiger partial charge in [0.25, 0.3) is 0 Å². The minimum Gasteiger partial charge on any atom is -0.377 e. The van der Waals surface area contributed by atoms with Crippen molar-refractivity contribution in [2.24, 2.45) is 5.73 Å². The van der Waals surface area contributed by atoms with Gasteiger partial charge in [-0.2, -0.15) is 0 Å². The number of hydrogen-bond acceptors (Lipinski definition) is 4. The number of hydrogen-bond donors (Lipinski definition) is 1. The topological polar surface area (TPSA) is 53.7 Å². The van der Waals surface area contributed by atoms with Crippen molar-refractivity contribution in [1.82, 2.24) is 0 Å². The van der Waals surface area contributed by atoms with Gasteiger partial charge in [-0.05, 0) is 0 Å². The first-order valence-corrected chi connectivity index (χ1v) is 10.2. The normalized spacial score (nSPS) is 15.6. The van der Waals surface area contributed by atoms with Crippen LogP contribution in [-0.2, 0) is 13.3 Å². The Morgan fingerprint density at radius 3 is 1.57 bits per heavy atom. The Kier molecular flexibility index (Phi) is 5.49. The molecule has 0 aliphatic heterocycles.